The summed E-state index contributed by atoms with van der Waals surface area (Å²) >= 11 is 0.962. The number of rotatable bonds is 5. The molecule has 3 N–H and O–H groups in total. The molecule has 1 atom stereocenters. The first kappa shape index (κ1) is 14.8. The Kier molecular flexibility index (Phi) is 6.55. The van der Waals surface area contributed by atoms with Gasteiger partial charge in [-0.3, -0.25) is 14.9 Å². The smallest absolute Gasteiger partial charge is 0.321 e. The zero-order valence-electron chi connectivity index (χ0n) is 9.44. The fraction of sp³-hybridized carbons (Fsp3) is 0.667. The van der Waals surface area contributed by atoms with E-state index < -0.39 is 23.2 Å². The van der Waals surface area contributed by atoms with Gasteiger partial charge in [0.25, 0.3) is 0 Å². The molecule has 0 radical (unpaired) electrons. The van der Waals surface area contributed by atoms with Crippen LogP contribution in [0.5, 0.6) is 0 Å². The maximum absolute atomic E-state index is 11.2. The molecule has 92 valence electrons. The molecule has 3 amide bonds. The molecule has 6 nitrogen and oxygen atoms in total. The van der Waals surface area contributed by atoms with Crippen LogP contribution >= 0.6 is 11.8 Å². The normalized spacial score (nSPS) is 12.0. The maximum atomic E-state index is 11.2. The third-order valence-corrected chi connectivity index (χ3v) is 2.62. The molecule has 0 aliphatic heterocycles. The Hall–Kier alpha value is -1.24. The number of nitrogens with one attached hydrogen (secondary N) is 2. The lowest BCUT2D eigenvalue weighted by molar-refractivity contribution is -0.136. The Balaban J connectivity index is 3.83. The average molecular weight is 248 g/mol. The molecule has 0 saturated heterocycles. The summed E-state index contributed by atoms with van der Waals surface area (Å²) in [6, 6.07) is -0.623. The highest BCUT2D eigenvalue weighted by molar-refractivity contribution is 8.01. The van der Waals surface area contributed by atoms with E-state index >= 15 is 0 Å². The number of carboxylic acid groups (broad SMARTS) is 1. The van der Waals surface area contributed by atoms with Crippen molar-refractivity contribution in [2.75, 3.05) is 5.75 Å². The monoisotopic (exact) mass is 248 g/mol. The van der Waals surface area contributed by atoms with Gasteiger partial charge in [-0.15, -0.1) is 11.8 Å². The second-order valence-electron chi connectivity index (χ2n) is 3.47. The lowest BCUT2D eigenvalue weighted by atomic mass is 10.4. The molecule has 0 aliphatic carbocycles. The Labute approximate surface area is 98.2 Å². The third-order valence-electron chi connectivity index (χ3n) is 1.48. The Morgan fingerprint density at radius 2 is 1.81 bits per heavy atom. The van der Waals surface area contributed by atoms with Crippen LogP contribution in [-0.4, -0.2) is 40.1 Å². The number of imide groups is 1. The van der Waals surface area contributed by atoms with Gasteiger partial charge in [0.1, 0.15) is 0 Å². The highest BCUT2D eigenvalue weighted by Crippen LogP contribution is 2.09. The van der Waals surface area contributed by atoms with Gasteiger partial charge < -0.3 is 10.4 Å². The maximum Gasteiger partial charge on any atom is 0.321 e. The Morgan fingerprint density at radius 1 is 1.25 bits per heavy atom. The number of carboxylic acids is 1. The number of urea groups is 1. The van der Waals surface area contributed by atoms with Crippen LogP contribution in [-0.2, 0) is 9.59 Å². The number of aliphatic carboxylic acids is 1. The minimum Gasteiger partial charge on any atom is -0.480 e. The van der Waals surface area contributed by atoms with Crippen LogP contribution in [0.3, 0.4) is 0 Å². The first-order chi connectivity index (χ1) is 7.32. The van der Waals surface area contributed by atoms with Crippen LogP contribution in [0.4, 0.5) is 4.79 Å². The molecule has 1 unspecified atom stereocenters. The summed E-state index contributed by atoms with van der Waals surface area (Å²) in [5, 5.41) is 12.5. The Morgan fingerprint density at radius 3 is 2.25 bits per heavy atom. The Bertz CT molecular complexity index is 281. The van der Waals surface area contributed by atoms with E-state index in [0.717, 1.165) is 11.8 Å². The van der Waals surface area contributed by atoms with Gasteiger partial charge in [0.15, 0.2) is 0 Å². The van der Waals surface area contributed by atoms with Crippen LogP contribution in [0.25, 0.3) is 0 Å². The van der Waals surface area contributed by atoms with E-state index in [4.69, 9.17) is 5.11 Å². The number of hydrogen-bond acceptors (Lipinski definition) is 4. The molecule has 0 aromatic rings. The molecular formula is C9H16N2O4S. The lowest BCUT2D eigenvalue weighted by Crippen LogP contribution is -2.43. The van der Waals surface area contributed by atoms with Gasteiger partial charge in [0.2, 0.25) is 5.91 Å². The number of hydrogen-bond donors (Lipinski definition) is 3. The van der Waals surface area contributed by atoms with Crippen LogP contribution in [0.1, 0.15) is 20.8 Å². The average Bonchev–Trinajstić information content (AvgIpc) is 2.12. The van der Waals surface area contributed by atoms with Crippen molar-refractivity contribution in [3.8, 4) is 0 Å². The molecule has 0 aromatic heterocycles. The van der Waals surface area contributed by atoms with Crippen LogP contribution in [0.2, 0.25) is 0 Å². The second kappa shape index (κ2) is 7.10. The molecule has 0 aromatic carbocycles. The van der Waals surface area contributed by atoms with Crippen molar-refractivity contribution in [3.63, 3.8) is 0 Å². The molecule has 0 fully saturated rings. The van der Waals surface area contributed by atoms with Gasteiger partial charge in [-0.2, -0.15) is 0 Å². The summed E-state index contributed by atoms with van der Waals surface area (Å²) in [6.45, 7) is 5.02. The van der Waals surface area contributed by atoms with E-state index in [-0.39, 0.29) is 11.8 Å². The predicted octanol–water partition coefficient (Wildman–Crippen LogP) is 0.427. The van der Waals surface area contributed by atoms with E-state index in [2.05, 4.69) is 10.6 Å². The van der Waals surface area contributed by atoms with Crippen molar-refractivity contribution in [1.29, 1.82) is 0 Å². The predicted molar refractivity (Wildman–Crippen MR) is 61.4 cm³/mol. The molecule has 7 heteroatoms. The molecule has 0 rings (SSSR count). The topological polar surface area (TPSA) is 95.5 Å². The molecule has 0 aliphatic rings. The van der Waals surface area contributed by atoms with Crippen LogP contribution < -0.4 is 10.6 Å². The summed E-state index contributed by atoms with van der Waals surface area (Å²) in [4.78, 5) is 32.7. The quantitative estimate of drug-likeness (QED) is 0.655. The van der Waals surface area contributed by atoms with Gasteiger partial charge in [-0.25, -0.2) is 4.79 Å². The zero-order chi connectivity index (χ0) is 12.7. The van der Waals surface area contributed by atoms with Gasteiger partial charge in [-0.1, -0.05) is 0 Å². The number of thioether (sulfide) groups is 1. The zero-order valence-corrected chi connectivity index (χ0v) is 10.3. The lowest BCUT2D eigenvalue weighted by Gasteiger charge is -2.09. The molecule has 16 heavy (non-hydrogen) atoms. The van der Waals surface area contributed by atoms with E-state index in [1.807, 2.05) is 0 Å². The van der Waals surface area contributed by atoms with Crippen molar-refractivity contribution in [3.05, 3.63) is 0 Å². The minimum atomic E-state index is -0.982. The number of amides is 3. The summed E-state index contributed by atoms with van der Waals surface area (Å²) < 4.78 is 0. The van der Waals surface area contributed by atoms with Crippen LogP contribution in [0, 0.1) is 0 Å². The third kappa shape index (κ3) is 7.10. The molecule has 0 spiro atoms. The van der Waals surface area contributed by atoms with E-state index in [1.165, 1.54) is 6.92 Å². The molecule has 0 heterocycles. The van der Waals surface area contributed by atoms with Gasteiger partial charge in [0.05, 0.1) is 11.0 Å². The number of carbonyl (C=O) groups is 3. The largest absolute Gasteiger partial charge is 0.480 e. The summed E-state index contributed by atoms with van der Waals surface area (Å²) in [5.74, 6) is -1.54. The van der Waals surface area contributed by atoms with Gasteiger partial charge >= 0.3 is 12.0 Å². The van der Waals surface area contributed by atoms with Gasteiger partial charge in [0, 0.05) is 6.04 Å². The SMILES string of the molecule is CC(C)NC(=O)NC(=O)CSC(C)C(=O)O. The highest BCUT2D eigenvalue weighted by atomic mass is 32.2. The van der Waals surface area contributed by atoms with E-state index in [1.54, 1.807) is 13.8 Å². The first-order valence-electron chi connectivity index (χ1n) is 4.77. The van der Waals surface area contributed by atoms with Crippen molar-refractivity contribution in [2.45, 2.75) is 32.1 Å². The second-order valence-corrected chi connectivity index (χ2v) is 4.80. The summed E-state index contributed by atoms with van der Waals surface area (Å²) in [6.07, 6.45) is 0. The summed E-state index contributed by atoms with van der Waals surface area (Å²) in [7, 11) is 0. The van der Waals surface area contributed by atoms with E-state index in [9.17, 15) is 14.4 Å². The van der Waals surface area contributed by atoms with Gasteiger partial charge in [-0.05, 0) is 20.8 Å². The van der Waals surface area contributed by atoms with E-state index in [0.29, 0.717) is 0 Å². The van der Waals surface area contributed by atoms with Crippen molar-refractivity contribution in [2.24, 2.45) is 0 Å². The van der Waals surface area contributed by atoms with Crippen molar-refractivity contribution < 1.29 is 19.5 Å². The summed E-state index contributed by atoms with van der Waals surface area (Å²) in [5.41, 5.74) is 0. The highest BCUT2D eigenvalue weighted by Gasteiger charge is 2.14. The fourth-order valence-electron chi connectivity index (χ4n) is 0.733. The van der Waals surface area contributed by atoms with Crippen molar-refractivity contribution in [1.82, 2.24) is 10.6 Å². The fourth-order valence-corrected chi connectivity index (χ4v) is 1.35. The number of carbonyl (C=O) groups excluding carboxylic acids is 2. The molecule has 0 bridgehead atoms. The van der Waals surface area contributed by atoms with Crippen LogP contribution in [0.15, 0.2) is 0 Å². The van der Waals surface area contributed by atoms with Crippen molar-refractivity contribution >= 4 is 29.7 Å². The first-order valence-corrected chi connectivity index (χ1v) is 5.82. The molecule has 0 saturated carbocycles. The minimum absolute atomic E-state index is 0.0566. The standard InChI is InChI=1S/C9H16N2O4S/c1-5(2)10-9(15)11-7(12)4-16-6(3)8(13)14/h5-6H,4H2,1-3H3,(H,13,14)(H2,10,11,12,15). The molecular weight excluding hydrogens is 232 g/mol.